The summed E-state index contributed by atoms with van der Waals surface area (Å²) in [6, 6.07) is 0. The van der Waals surface area contributed by atoms with Gasteiger partial charge in [-0.05, 0) is 27.7 Å². The molecule has 0 aromatic rings. The number of quaternary nitrogens is 1. The molecule has 0 aromatic heterocycles. The summed E-state index contributed by atoms with van der Waals surface area (Å²) in [5.74, 6) is -0.842. The van der Waals surface area contributed by atoms with Gasteiger partial charge in [-0.15, -0.1) is 0 Å². The maximum atomic E-state index is 11.3. The summed E-state index contributed by atoms with van der Waals surface area (Å²) in [6.07, 6.45) is -2.65. The van der Waals surface area contributed by atoms with Crippen molar-refractivity contribution < 1.29 is 28.3 Å². The molecular weight excluding hydrogens is 244 g/mol. The average Bonchev–Trinajstić information content (AvgIpc) is 2.31. The number of alkyl halides is 2. The molecule has 0 saturated heterocycles. The first-order valence-corrected chi connectivity index (χ1v) is 5.99. The van der Waals surface area contributed by atoms with Gasteiger partial charge in [0.2, 0.25) is 0 Å². The molecule has 18 heavy (non-hydrogen) atoms. The van der Waals surface area contributed by atoms with Crippen LogP contribution in [0.15, 0.2) is 12.2 Å². The van der Waals surface area contributed by atoms with Gasteiger partial charge in [-0.2, -0.15) is 4.89 Å². The van der Waals surface area contributed by atoms with E-state index in [0.29, 0.717) is 0 Å². The number of nitrogens with one attached hydrogen (secondary N) is 1. The lowest BCUT2D eigenvalue weighted by atomic mass is 10.4. The summed E-state index contributed by atoms with van der Waals surface area (Å²) in [5, 5.41) is 0. The van der Waals surface area contributed by atoms with E-state index in [1.807, 2.05) is 0 Å². The Bertz CT molecular complexity index is 226. The van der Waals surface area contributed by atoms with Crippen LogP contribution in [0.1, 0.15) is 27.7 Å². The van der Waals surface area contributed by atoms with Crippen molar-refractivity contribution in [1.82, 2.24) is 0 Å². The highest BCUT2D eigenvalue weighted by Gasteiger charge is 2.07. The van der Waals surface area contributed by atoms with E-state index in [1.54, 1.807) is 4.90 Å². The second-order valence-corrected chi connectivity index (χ2v) is 3.64. The van der Waals surface area contributed by atoms with Gasteiger partial charge in [0.25, 0.3) is 6.43 Å². The summed E-state index contributed by atoms with van der Waals surface area (Å²) >= 11 is 0. The average molecular weight is 268 g/mol. The number of carbonyl (C=O) groups excluding carboxylic acids is 1. The first-order valence-electron chi connectivity index (χ1n) is 5.99. The molecule has 0 bridgehead atoms. The fourth-order valence-corrected chi connectivity index (χ4v) is 0.960. The maximum Gasteiger partial charge on any atom is 0.368 e. The molecule has 0 aliphatic heterocycles. The van der Waals surface area contributed by atoms with Crippen LogP contribution in [0.25, 0.3) is 0 Å². The Balaban J connectivity index is 0. The molecule has 0 unspecified atom stereocenters. The molecule has 0 aliphatic rings. The van der Waals surface area contributed by atoms with Crippen molar-refractivity contribution in [3.05, 3.63) is 12.2 Å². The molecular formula is C12H24F2NO3+. The van der Waals surface area contributed by atoms with Crippen molar-refractivity contribution in [3.63, 3.8) is 0 Å². The number of rotatable bonds is 7. The second-order valence-electron chi connectivity index (χ2n) is 3.64. The zero-order chi connectivity index (χ0) is 14.6. The molecule has 108 valence electrons. The lowest BCUT2D eigenvalue weighted by Gasteiger charge is -2.10. The Hall–Kier alpha value is -1.01. The third kappa shape index (κ3) is 13.1. The topological polar surface area (TPSA) is 40.0 Å². The lowest BCUT2D eigenvalue weighted by molar-refractivity contribution is -0.894. The van der Waals surface area contributed by atoms with Crippen molar-refractivity contribution in [2.24, 2.45) is 0 Å². The molecule has 0 amide bonds. The van der Waals surface area contributed by atoms with E-state index in [1.165, 1.54) is 26.6 Å². The Morgan fingerprint density at radius 1 is 1.22 bits per heavy atom. The largest absolute Gasteiger partial charge is 0.368 e. The summed E-state index contributed by atoms with van der Waals surface area (Å²) in [6.45, 7) is 14.2. The van der Waals surface area contributed by atoms with Crippen molar-refractivity contribution >= 4 is 5.97 Å². The molecule has 0 aliphatic carbocycles. The number of carbonyl (C=O) groups is 1. The molecule has 0 aromatic carbocycles. The van der Waals surface area contributed by atoms with Crippen LogP contribution in [0.5, 0.6) is 0 Å². The molecule has 0 atom stereocenters. The minimum absolute atomic E-state index is 0.0965. The van der Waals surface area contributed by atoms with Crippen LogP contribution in [0.2, 0.25) is 0 Å². The Morgan fingerprint density at radius 2 is 1.67 bits per heavy atom. The van der Waals surface area contributed by atoms with Gasteiger partial charge in [0.15, 0.2) is 6.61 Å². The fourth-order valence-electron chi connectivity index (χ4n) is 0.960. The van der Waals surface area contributed by atoms with Gasteiger partial charge < -0.3 is 4.90 Å². The van der Waals surface area contributed by atoms with Gasteiger partial charge in [-0.25, -0.2) is 13.6 Å². The third-order valence-corrected chi connectivity index (χ3v) is 2.18. The van der Waals surface area contributed by atoms with E-state index < -0.39 is 19.0 Å². The molecule has 0 fully saturated rings. The smallest absolute Gasteiger partial charge is 0.336 e. The van der Waals surface area contributed by atoms with E-state index in [0.717, 1.165) is 0 Å². The number of halogens is 2. The van der Waals surface area contributed by atoms with Gasteiger partial charge >= 0.3 is 5.97 Å². The molecule has 0 saturated carbocycles. The summed E-state index contributed by atoms with van der Waals surface area (Å²) in [7, 11) is 0. The molecule has 0 heterocycles. The number of hydrogen-bond donors (Lipinski definition) is 1. The van der Waals surface area contributed by atoms with Crippen molar-refractivity contribution in [2.45, 2.75) is 34.1 Å². The molecule has 0 rings (SSSR count). The minimum atomic E-state index is -2.65. The fraction of sp³-hybridized carbons (Fsp3) is 0.750. The quantitative estimate of drug-likeness (QED) is 0.429. The highest BCUT2D eigenvalue weighted by Crippen LogP contribution is 1.96. The van der Waals surface area contributed by atoms with Gasteiger partial charge in [0, 0.05) is 5.57 Å². The van der Waals surface area contributed by atoms with E-state index in [4.69, 9.17) is 0 Å². The molecule has 6 heteroatoms. The first kappa shape index (κ1) is 19.3. The van der Waals surface area contributed by atoms with E-state index in [-0.39, 0.29) is 5.57 Å². The van der Waals surface area contributed by atoms with Crippen molar-refractivity contribution in [1.29, 1.82) is 0 Å². The van der Waals surface area contributed by atoms with Crippen LogP contribution in [0.4, 0.5) is 8.78 Å². The summed E-state index contributed by atoms with van der Waals surface area (Å²) in [5.41, 5.74) is 0.0965. The monoisotopic (exact) mass is 268 g/mol. The predicted octanol–water partition coefficient (Wildman–Crippen LogP) is 1.23. The number of hydrogen-bond acceptors (Lipinski definition) is 3. The molecule has 0 spiro atoms. The molecule has 1 N–H and O–H groups in total. The van der Waals surface area contributed by atoms with Crippen LogP contribution >= 0.6 is 0 Å². The van der Waals surface area contributed by atoms with Gasteiger partial charge in [0.05, 0.1) is 19.6 Å². The lowest BCUT2D eigenvalue weighted by Crippen LogP contribution is -3.11. The SMILES string of the molecule is C=C(C)C(=O)OOCC(F)F.CC[NH+](CC)CC. The zero-order valence-electron chi connectivity index (χ0n) is 11.6. The van der Waals surface area contributed by atoms with Gasteiger partial charge in [0.1, 0.15) is 0 Å². The van der Waals surface area contributed by atoms with Crippen LogP contribution < -0.4 is 4.90 Å². The Kier molecular flexibility index (Phi) is 13.4. The first-order chi connectivity index (χ1) is 8.38. The van der Waals surface area contributed by atoms with Gasteiger partial charge in [-0.3, -0.25) is 4.89 Å². The zero-order valence-corrected chi connectivity index (χ0v) is 11.6. The second kappa shape index (κ2) is 12.4. The van der Waals surface area contributed by atoms with Crippen LogP contribution in [-0.4, -0.2) is 38.6 Å². The highest BCUT2D eigenvalue weighted by molar-refractivity contribution is 5.86. The minimum Gasteiger partial charge on any atom is -0.336 e. The van der Waals surface area contributed by atoms with Crippen LogP contribution in [-0.2, 0) is 14.6 Å². The standard InChI is InChI=1S/C6H8F2O3.C6H15N/c1-4(2)6(9)11-10-3-5(7)8;1-4-7(5-2)6-3/h5H,1,3H2,2H3;4-6H2,1-3H3/p+1. The van der Waals surface area contributed by atoms with E-state index >= 15 is 0 Å². The van der Waals surface area contributed by atoms with Crippen molar-refractivity contribution in [3.8, 4) is 0 Å². The van der Waals surface area contributed by atoms with E-state index in [2.05, 4.69) is 37.1 Å². The summed E-state index contributed by atoms with van der Waals surface area (Å²) < 4.78 is 22.7. The highest BCUT2D eigenvalue weighted by atomic mass is 19.3. The molecule has 4 nitrogen and oxygen atoms in total. The molecule has 0 radical (unpaired) electrons. The van der Waals surface area contributed by atoms with Gasteiger partial charge in [-0.1, -0.05) is 6.58 Å². The Labute approximate surface area is 107 Å². The van der Waals surface area contributed by atoms with Crippen LogP contribution in [0, 0.1) is 0 Å². The summed E-state index contributed by atoms with van der Waals surface area (Å²) in [4.78, 5) is 19.9. The van der Waals surface area contributed by atoms with E-state index in [9.17, 15) is 13.6 Å². The van der Waals surface area contributed by atoms with Crippen molar-refractivity contribution in [2.75, 3.05) is 26.2 Å². The third-order valence-electron chi connectivity index (χ3n) is 2.18. The maximum absolute atomic E-state index is 11.3. The normalized spacial score (nSPS) is 10.0. The van der Waals surface area contributed by atoms with Crippen LogP contribution in [0.3, 0.4) is 0 Å². The Morgan fingerprint density at radius 3 is 1.89 bits per heavy atom. The predicted molar refractivity (Wildman–Crippen MR) is 65.4 cm³/mol.